The van der Waals surface area contributed by atoms with Crippen LogP contribution in [-0.4, -0.2) is 21.3 Å². The third kappa shape index (κ3) is 3.27. The Bertz CT molecular complexity index is 174. The van der Waals surface area contributed by atoms with E-state index in [2.05, 4.69) is 0 Å². The molecule has 4 heteroatoms. The summed E-state index contributed by atoms with van der Waals surface area (Å²) in [6, 6.07) is 0. The topological polar surface area (TPSA) is 77.8 Å². The van der Waals surface area contributed by atoms with Gasteiger partial charge in [-0.1, -0.05) is 19.8 Å². The molecule has 70 valence electrons. The highest BCUT2D eigenvalue weighted by Gasteiger charge is 2.21. The molecule has 0 saturated heterocycles. The zero-order valence-corrected chi connectivity index (χ0v) is 7.03. The molecule has 3 N–H and O–H groups in total. The van der Waals surface area contributed by atoms with Crippen molar-refractivity contribution in [2.75, 3.05) is 0 Å². The van der Waals surface area contributed by atoms with E-state index in [1.54, 1.807) is 0 Å². The Balaban J connectivity index is 4.14. The SMILES string of the molecule is CCCCC(C(=O)O)/C(O)=C/O. The summed E-state index contributed by atoms with van der Waals surface area (Å²) < 4.78 is 0. The molecule has 0 rings (SSSR count). The molecule has 0 aromatic rings. The molecule has 0 spiro atoms. The number of carbonyl (C=O) groups is 1. The van der Waals surface area contributed by atoms with Crippen LogP contribution in [0.25, 0.3) is 0 Å². The van der Waals surface area contributed by atoms with Crippen molar-refractivity contribution >= 4 is 5.97 Å². The number of carboxylic acid groups (broad SMARTS) is 1. The predicted octanol–water partition coefficient (Wildman–Crippen LogP) is 1.83. The Morgan fingerprint density at radius 2 is 2.08 bits per heavy atom. The normalized spacial score (nSPS) is 14.2. The van der Waals surface area contributed by atoms with Crippen molar-refractivity contribution in [3.63, 3.8) is 0 Å². The van der Waals surface area contributed by atoms with E-state index < -0.39 is 17.6 Å². The van der Waals surface area contributed by atoms with Crippen LogP contribution in [0, 0.1) is 5.92 Å². The summed E-state index contributed by atoms with van der Waals surface area (Å²) in [5.74, 6) is -2.54. The third-order valence-corrected chi connectivity index (χ3v) is 1.63. The van der Waals surface area contributed by atoms with Gasteiger partial charge in [-0.15, -0.1) is 0 Å². The lowest BCUT2D eigenvalue weighted by atomic mass is 10.0. The van der Waals surface area contributed by atoms with Gasteiger partial charge in [0.1, 0.15) is 17.9 Å². The van der Waals surface area contributed by atoms with Crippen LogP contribution >= 0.6 is 0 Å². The lowest BCUT2D eigenvalue weighted by Crippen LogP contribution is -2.16. The predicted molar refractivity (Wildman–Crippen MR) is 44.0 cm³/mol. The fraction of sp³-hybridized carbons (Fsp3) is 0.625. The monoisotopic (exact) mass is 174 g/mol. The molecule has 12 heavy (non-hydrogen) atoms. The van der Waals surface area contributed by atoms with E-state index in [1.165, 1.54) is 0 Å². The zero-order chi connectivity index (χ0) is 9.56. The number of aliphatic hydroxyl groups excluding tert-OH is 2. The number of hydrogen-bond acceptors (Lipinski definition) is 3. The van der Waals surface area contributed by atoms with Crippen LogP contribution in [0.5, 0.6) is 0 Å². The van der Waals surface area contributed by atoms with Crippen LogP contribution < -0.4 is 0 Å². The van der Waals surface area contributed by atoms with Crippen molar-refractivity contribution in [3.05, 3.63) is 12.0 Å². The van der Waals surface area contributed by atoms with E-state index in [9.17, 15) is 4.79 Å². The fourth-order valence-electron chi connectivity index (χ4n) is 0.896. The average Bonchev–Trinajstić information content (AvgIpc) is 2.04. The Hall–Kier alpha value is -1.19. The molecular formula is C8H14O4. The summed E-state index contributed by atoms with van der Waals surface area (Å²) in [5.41, 5.74) is 0. The minimum atomic E-state index is -1.11. The standard InChI is InChI=1S/C8H14O4/c1-2-3-4-6(8(11)12)7(10)5-9/h5-6,9-10H,2-4H2,1H3,(H,11,12)/b7-5-. The maximum atomic E-state index is 10.5. The van der Waals surface area contributed by atoms with Crippen molar-refractivity contribution in [1.82, 2.24) is 0 Å². The first-order valence-corrected chi connectivity index (χ1v) is 3.89. The number of unbranched alkanes of at least 4 members (excludes halogenated alkanes) is 1. The number of aliphatic hydroxyl groups is 2. The van der Waals surface area contributed by atoms with Crippen LogP contribution in [0.4, 0.5) is 0 Å². The fourth-order valence-corrected chi connectivity index (χ4v) is 0.896. The first-order chi connectivity index (χ1) is 5.63. The van der Waals surface area contributed by atoms with Gasteiger partial charge in [0.15, 0.2) is 0 Å². The maximum absolute atomic E-state index is 10.5. The second kappa shape index (κ2) is 5.46. The Labute approximate surface area is 71.1 Å². The second-order valence-corrected chi connectivity index (χ2v) is 2.59. The molecule has 0 aliphatic carbocycles. The van der Waals surface area contributed by atoms with E-state index in [1.807, 2.05) is 6.92 Å². The van der Waals surface area contributed by atoms with Crippen molar-refractivity contribution in [2.24, 2.45) is 5.92 Å². The van der Waals surface area contributed by atoms with Crippen molar-refractivity contribution in [2.45, 2.75) is 26.2 Å². The van der Waals surface area contributed by atoms with Gasteiger partial charge in [0, 0.05) is 0 Å². The smallest absolute Gasteiger partial charge is 0.314 e. The molecule has 1 atom stereocenters. The first kappa shape index (κ1) is 10.8. The number of rotatable bonds is 5. The highest BCUT2D eigenvalue weighted by atomic mass is 16.4. The molecule has 1 unspecified atom stereocenters. The van der Waals surface area contributed by atoms with Crippen LogP contribution in [-0.2, 0) is 4.79 Å². The Morgan fingerprint density at radius 3 is 2.42 bits per heavy atom. The van der Waals surface area contributed by atoms with Gasteiger partial charge in [0.2, 0.25) is 0 Å². The van der Waals surface area contributed by atoms with Crippen LogP contribution in [0.2, 0.25) is 0 Å². The lowest BCUT2D eigenvalue weighted by molar-refractivity contribution is -0.141. The van der Waals surface area contributed by atoms with Gasteiger partial charge < -0.3 is 15.3 Å². The van der Waals surface area contributed by atoms with Gasteiger partial charge in [-0.3, -0.25) is 4.79 Å². The van der Waals surface area contributed by atoms with E-state index >= 15 is 0 Å². The summed E-state index contributed by atoms with van der Waals surface area (Å²) in [4.78, 5) is 10.5. The van der Waals surface area contributed by atoms with Gasteiger partial charge in [0.25, 0.3) is 0 Å². The van der Waals surface area contributed by atoms with E-state index in [-0.39, 0.29) is 0 Å². The molecule has 0 aromatic heterocycles. The summed E-state index contributed by atoms with van der Waals surface area (Å²) in [5, 5.41) is 25.9. The Kier molecular flexibility index (Phi) is 4.92. The number of aliphatic carboxylic acids is 1. The molecule has 0 bridgehead atoms. The van der Waals surface area contributed by atoms with Gasteiger partial charge in [0.05, 0.1) is 0 Å². The zero-order valence-electron chi connectivity index (χ0n) is 7.03. The molecule has 4 nitrogen and oxygen atoms in total. The summed E-state index contributed by atoms with van der Waals surface area (Å²) in [6.07, 6.45) is 2.38. The quantitative estimate of drug-likeness (QED) is 0.555. The van der Waals surface area contributed by atoms with Crippen molar-refractivity contribution in [3.8, 4) is 0 Å². The van der Waals surface area contributed by atoms with Crippen molar-refractivity contribution in [1.29, 1.82) is 0 Å². The maximum Gasteiger partial charge on any atom is 0.314 e. The summed E-state index contributed by atoms with van der Waals surface area (Å²) >= 11 is 0. The van der Waals surface area contributed by atoms with E-state index in [4.69, 9.17) is 15.3 Å². The molecule has 0 saturated carbocycles. The lowest BCUT2D eigenvalue weighted by Gasteiger charge is -2.08. The van der Waals surface area contributed by atoms with Gasteiger partial charge in [-0.05, 0) is 6.42 Å². The molecular weight excluding hydrogens is 160 g/mol. The van der Waals surface area contributed by atoms with E-state index in [0.717, 1.165) is 12.8 Å². The largest absolute Gasteiger partial charge is 0.512 e. The summed E-state index contributed by atoms with van der Waals surface area (Å²) in [6.45, 7) is 1.93. The summed E-state index contributed by atoms with van der Waals surface area (Å²) in [7, 11) is 0. The van der Waals surface area contributed by atoms with Crippen molar-refractivity contribution < 1.29 is 20.1 Å². The van der Waals surface area contributed by atoms with Gasteiger partial charge in [-0.2, -0.15) is 0 Å². The van der Waals surface area contributed by atoms with Gasteiger partial charge >= 0.3 is 5.97 Å². The van der Waals surface area contributed by atoms with Crippen LogP contribution in [0.1, 0.15) is 26.2 Å². The Morgan fingerprint density at radius 1 is 1.50 bits per heavy atom. The molecule has 0 aromatic carbocycles. The van der Waals surface area contributed by atoms with Crippen LogP contribution in [0.15, 0.2) is 12.0 Å². The van der Waals surface area contributed by atoms with Crippen LogP contribution in [0.3, 0.4) is 0 Å². The molecule has 0 aliphatic rings. The second-order valence-electron chi connectivity index (χ2n) is 2.59. The highest BCUT2D eigenvalue weighted by molar-refractivity contribution is 5.72. The highest BCUT2D eigenvalue weighted by Crippen LogP contribution is 2.15. The third-order valence-electron chi connectivity index (χ3n) is 1.63. The molecule has 0 radical (unpaired) electrons. The minimum Gasteiger partial charge on any atom is -0.512 e. The average molecular weight is 174 g/mol. The van der Waals surface area contributed by atoms with Gasteiger partial charge in [-0.25, -0.2) is 0 Å². The number of hydrogen-bond donors (Lipinski definition) is 3. The minimum absolute atomic E-state index is 0.356. The molecule has 0 aliphatic heterocycles. The molecule has 0 fully saturated rings. The van der Waals surface area contributed by atoms with E-state index in [0.29, 0.717) is 12.7 Å². The molecule has 0 heterocycles. The molecule has 0 amide bonds. The number of carboxylic acids is 1. The first-order valence-electron chi connectivity index (χ1n) is 3.89.